The summed E-state index contributed by atoms with van der Waals surface area (Å²) in [4.78, 5) is 4.31. The molecule has 0 aromatic heterocycles. The number of thioether (sulfide) groups is 1. The highest BCUT2D eigenvalue weighted by Gasteiger charge is 2.39. The van der Waals surface area contributed by atoms with Crippen molar-refractivity contribution in [2.75, 3.05) is 0 Å². The van der Waals surface area contributed by atoms with Gasteiger partial charge in [0.2, 0.25) is 0 Å². The molecule has 0 aromatic carbocycles. The maximum atomic E-state index is 5.84. The third kappa shape index (κ3) is 1.45. The summed E-state index contributed by atoms with van der Waals surface area (Å²) in [6, 6.07) is 0.308. The molecule has 0 amide bonds. The number of aliphatic imine (C=N–C) groups is 1. The Labute approximate surface area is 76.8 Å². The highest BCUT2D eigenvalue weighted by atomic mass is 32.2. The van der Waals surface area contributed by atoms with Gasteiger partial charge >= 0.3 is 0 Å². The molecule has 0 aromatic rings. The highest BCUT2D eigenvalue weighted by Crippen LogP contribution is 2.38. The Balaban J connectivity index is 2.07. The predicted molar refractivity (Wildman–Crippen MR) is 51.2 cm³/mol. The minimum absolute atomic E-state index is 0.00824. The molecule has 0 radical (unpaired) electrons. The summed E-state index contributed by atoms with van der Waals surface area (Å²) in [7, 11) is 0. The number of fused-ring (bicyclic) bond motifs is 1. The summed E-state index contributed by atoms with van der Waals surface area (Å²) in [5.41, 5.74) is 5.80. The summed E-state index contributed by atoms with van der Waals surface area (Å²) < 4.78 is 5.84. The van der Waals surface area contributed by atoms with E-state index in [4.69, 9.17) is 10.5 Å². The lowest BCUT2D eigenvalue weighted by Crippen LogP contribution is -2.39. The van der Waals surface area contributed by atoms with Crippen LogP contribution in [0.25, 0.3) is 0 Å². The largest absolute Gasteiger partial charge is 0.378 e. The minimum atomic E-state index is 0.00824. The van der Waals surface area contributed by atoms with E-state index >= 15 is 0 Å². The predicted octanol–water partition coefficient (Wildman–Crippen LogP) is 1.33. The molecule has 2 unspecified atom stereocenters. The summed E-state index contributed by atoms with van der Waals surface area (Å²) in [5.74, 6) is 0. The third-order valence-electron chi connectivity index (χ3n) is 2.32. The monoisotopic (exact) mass is 186 g/mol. The van der Waals surface area contributed by atoms with Gasteiger partial charge in [-0.2, -0.15) is 0 Å². The number of amidine groups is 1. The van der Waals surface area contributed by atoms with E-state index in [1.54, 1.807) is 11.8 Å². The molecule has 12 heavy (non-hydrogen) atoms. The zero-order valence-electron chi connectivity index (χ0n) is 7.41. The van der Waals surface area contributed by atoms with E-state index in [2.05, 4.69) is 18.8 Å². The van der Waals surface area contributed by atoms with Crippen LogP contribution in [0.2, 0.25) is 0 Å². The molecule has 3 nitrogen and oxygen atoms in total. The van der Waals surface area contributed by atoms with Crippen LogP contribution >= 0.6 is 11.8 Å². The molecule has 0 aliphatic carbocycles. The molecule has 2 heterocycles. The summed E-state index contributed by atoms with van der Waals surface area (Å²) in [6.45, 7) is 4.25. The smallest absolute Gasteiger partial charge is 0.156 e. The molecule has 2 N–H and O–H groups in total. The Kier molecular flexibility index (Phi) is 1.84. The first kappa shape index (κ1) is 8.38. The molecule has 68 valence electrons. The van der Waals surface area contributed by atoms with Crippen molar-refractivity contribution in [2.24, 2.45) is 10.7 Å². The molecule has 0 spiro atoms. The van der Waals surface area contributed by atoms with E-state index in [-0.39, 0.29) is 11.0 Å². The van der Waals surface area contributed by atoms with Crippen LogP contribution in [0, 0.1) is 0 Å². The molecule has 0 saturated carbocycles. The van der Waals surface area contributed by atoms with Gasteiger partial charge in [0.1, 0.15) is 5.44 Å². The first-order valence-electron chi connectivity index (χ1n) is 4.25. The van der Waals surface area contributed by atoms with Crippen molar-refractivity contribution < 1.29 is 4.74 Å². The van der Waals surface area contributed by atoms with Crippen LogP contribution in [-0.2, 0) is 4.74 Å². The normalized spacial score (nSPS) is 39.0. The molecular weight excluding hydrogens is 172 g/mol. The maximum absolute atomic E-state index is 5.84. The van der Waals surface area contributed by atoms with Crippen LogP contribution in [0.15, 0.2) is 4.99 Å². The van der Waals surface area contributed by atoms with Gasteiger partial charge in [-0.25, -0.2) is 0 Å². The molecule has 4 heteroatoms. The maximum Gasteiger partial charge on any atom is 0.156 e. The topological polar surface area (TPSA) is 47.6 Å². The zero-order valence-corrected chi connectivity index (χ0v) is 8.23. The van der Waals surface area contributed by atoms with Crippen LogP contribution in [0.1, 0.15) is 26.7 Å². The van der Waals surface area contributed by atoms with Gasteiger partial charge in [-0.3, -0.25) is 4.99 Å². The zero-order chi connectivity index (χ0) is 8.77. The van der Waals surface area contributed by atoms with Gasteiger partial charge in [0.05, 0.1) is 11.6 Å². The van der Waals surface area contributed by atoms with Crippen molar-refractivity contribution in [3.63, 3.8) is 0 Å². The first-order chi connectivity index (χ1) is 5.57. The van der Waals surface area contributed by atoms with Crippen molar-refractivity contribution in [3.8, 4) is 0 Å². The van der Waals surface area contributed by atoms with E-state index in [1.165, 1.54) is 0 Å². The fourth-order valence-corrected chi connectivity index (χ4v) is 2.72. The number of nitrogens with zero attached hydrogens (tertiary/aromatic N) is 1. The third-order valence-corrected chi connectivity index (χ3v) is 3.31. The minimum Gasteiger partial charge on any atom is -0.378 e. The van der Waals surface area contributed by atoms with Crippen molar-refractivity contribution in [3.05, 3.63) is 0 Å². The van der Waals surface area contributed by atoms with E-state index in [0.717, 1.165) is 12.8 Å². The molecule has 2 aliphatic rings. The van der Waals surface area contributed by atoms with Gasteiger partial charge in [-0.15, -0.1) is 0 Å². The molecule has 2 aliphatic heterocycles. The Morgan fingerprint density at radius 3 is 3.17 bits per heavy atom. The van der Waals surface area contributed by atoms with Crippen molar-refractivity contribution in [2.45, 2.75) is 43.8 Å². The molecule has 1 fully saturated rings. The van der Waals surface area contributed by atoms with Crippen molar-refractivity contribution in [1.29, 1.82) is 0 Å². The fraction of sp³-hybridized carbons (Fsp3) is 0.875. The fourth-order valence-electron chi connectivity index (χ4n) is 1.62. The quantitative estimate of drug-likeness (QED) is 0.621. The highest BCUT2D eigenvalue weighted by molar-refractivity contribution is 8.14. The lowest BCUT2D eigenvalue weighted by atomic mass is 9.96. The van der Waals surface area contributed by atoms with Crippen molar-refractivity contribution in [1.82, 2.24) is 0 Å². The van der Waals surface area contributed by atoms with Crippen LogP contribution in [0.3, 0.4) is 0 Å². The van der Waals surface area contributed by atoms with Gasteiger partial charge in [0.25, 0.3) is 0 Å². The van der Waals surface area contributed by atoms with Gasteiger partial charge in [0.15, 0.2) is 5.17 Å². The second-order valence-electron chi connectivity index (χ2n) is 3.94. The summed E-state index contributed by atoms with van der Waals surface area (Å²) in [6.07, 6.45) is 2.18. The van der Waals surface area contributed by atoms with E-state index in [9.17, 15) is 0 Å². The van der Waals surface area contributed by atoms with Gasteiger partial charge < -0.3 is 10.5 Å². The van der Waals surface area contributed by atoms with Gasteiger partial charge in [-0.05, 0) is 26.7 Å². The van der Waals surface area contributed by atoms with E-state index in [1.807, 2.05) is 0 Å². The number of rotatable bonds is 0. The molecular formula is C8H14N2OS. The van der Waals surface area contributed by atoms with E-state index < -0.39 is 0 Å². The lowest BCUT2D eigenvalue weighted by molar-refractivity contribution is -0.0744. The summed E-state index contributed by atoms with van der Waals surface area (Å²) in [5, 5.41) is 0.683. The number of nitrogens with two attached hydrogens (primary N) is 1. The Hall–Kier alpha value is -0.220. The molecule has 2 rings (SSSR count). The van der Waals surface area contributed by atoms with Gasteiger partial charge in [-0.1, -0.05) is 11.8 Å². The number of hydrogen-bond acceptors (Lipinski definition) is 4. The number of hydrogen-bond donors (Lipinski definition) is 1. The Morgan fingerprint density at radius 2 is 2.42 bits per heavy atom. The van der Waals surface area contributed by atoms with Gasteiger partial charge in [0, 0.05) is 0 Å². The SMILES string of the molecule is CC1(C)CCC2N=C(N)SC2O1. The molecule has 0 bridgehead atoms. The second-order valence-corrected chi connectivity index (χ2v) is 5.06. The van der Waals surface area contributed by atoms with Crippen molar-refractivity contribution >= 4 is 16.9 Å². The van der Waals surface area contributed by atoms with Crippen LogP contribution < -0.4 is 5.73 Å². The Bertz CT molecular complexity index is 227. The van der Waals surface area contributed by atoms with Crippen LogP contribution in [-0.4, -0.2) is 22.2 Å². The second kappa shape index (κ2) is 2.64. The summed E-state index contributed by atoms with van der Waals surface area (Å²) >= 11 is 1.56. The molecule has 2 atom stereocenters. The molecule has 1 saturated heterocycles. The van der Waals surface area contributed by atoms with E-state index in [0.29, 0.717) is 11.2 Å². The average molecular weight is 186 g/mol. The van der Waals surface area contributed by atoms with Crippen LogP contribution in [0.4, 0.5) is 0 Å². The lowest BCUT2D eigenvalue weighted by Gasteiger charge is -2.36. The average Bonchev–Trinajstić information content (AvgIpc) is 2.26. The van der Waals surface area contributed by atoms with Crippen LogP contribution in [0.5, 0.6) is 0 Å². The first-order valence-corrected chi connectivity index (χ1v) is 5.12. The Morgan fingerprint density at radius 1 is 1.67 bits per heavy atom. The number of ether oxygens (including phenoxy) is 1. The standard InChI is InChI=1S/C8H14N2OS/c1-8(2)4-3-5-6(11-8)12-7(9)10-5/h5-6H,3-4H2,1-2H3,(H2,9,10).